The number of aliphatic hydroxyl groups excluding tert-OH is 1. The van der Waals surface area contributed by atoms with Gasteiger partial charge in [-0.05, 0) is 57.8 Å². The van der Waals surface area contributed by atoms with E-state index in [2.05, 4.69) is 39.4 Å². The SMILES string of the molecule is O=C(NCc1cccc2ccccc12)[C@]1(Cc2ccccc2Br)N=C(c2ccc(OCCCO)cc2)O[C@@H]1c1ccccc1. The molecule has 1 aliphatic heterocycles. The second-order valence-electron chi connectivity index (χ2n) is 10.8. The maximum Gasteiger partial charge on any atom is 0.252 e. The van der Waals surface area contributed by atoms with E-state index in [0.29, 0.717) is 37.6 Å². The van der Waals surface area contributed by atoms with Crippen molar-refractivity contribution in [1.82, 2.24) is 5.32 Å². The summed E-state index contributed by atoms with van der Waals surface area (Å²) in [5.41, 5.74) is 2.30. The molecule has 0 bridgehead atoms. The van der Waals surface area contributed by atoms with Crippen molar-refractivity contribution >= 4 is 38.5 Å². The largest absolute Gasteiger partial charge is 0.494 e. The monoisotopic (exact) mass is 648 g/mol. The molecule has 0 saturated heterocycles. The number of halogens is 1. The Morgan fingerprint density at radius 1 is 0.864 bits per heavy atom. The van der Waals surface area contributed by atoms with Crippen LogP contribution in [0.4, 0.5) is 0 Å². The van der Waals surface area contributed by atoms with Gasteiger partial charge in [0.2, 0.25) is 5.90 Å². The van der Waals surface area contributed by atoms with Gasteiger partial charge in [-0.25, -0.2) is 4.99 Å². The summed E-state index contributed by atoms with van der Waals surface area (Å²) in [7, 11) is 0. The third kappa shape index (κ3) is 6.25. The number of aliphatic hydroxyl groups is 1. The Balaban J connectivity index is 1.40. The van der Waals surface area contributed by atoms with E-state index in [4.69, 9.17) is 19.6 Å². The Bertz CT molecular complexity index is 1770. The zero-order valence-corrected chi connectivity index (χ0v) is 25.7. The number of fused-ring (bicyclic) bond motifs is 1. The first kappa shape index (κ1) is 29.6. The Morgan fingerprint density at radius 3 is 2.36 bits per heavy atom. The summed E-state index contributed by atoms with van der Waals surface area (Å²) in [5, 5.41) is 14.5. The lowest BCUT2D eigenvalue weighted by atomic mass is 9.82. The van der Waals surface area contributed by atoms with Crippen LogP contribution in [0.5, 0.6) is 5.75 Å². The summed E-state index contributed by atoms with van der Waals surface area (Å²) in [6.45, 7) is 0.852. The highest BCUT2D eigenvalue weighted by Crippen LogP contribution is 2.43. The number of hydrogen-bond acceptors (Lipinski definition) is 5. The van der Waals surface area contributed by atoms with Crippen molar-refractivity contribution in [2.24, 2.45) is 4.99 Å². The molecule has 222 valence electrons. The smallest absolute Gasteiger partial charge is 0.252 e. The maximum atomic E-state index is 14.6. The molecule has 5 aromatic rings. The van der Waals surface area contributed by atoms with Gasteiger partial charge in [-0.2, -0.15) is 0 Å². The van der Waals surface area contributed by atoms with Gasteiger partial charge in [0.05, 0.1) is 6.61 Å². The molecule has 1 aliphatic rings. The van der Waals surface area contributed by atoms with Crippen LogP contribution in [0, 0.1) is 0 Å². The number of carbonyl (C=O) groups is 1. The number of rotatable bonds is 11. The van der Waals surface area contributed by atoms with Crippen LogP contribution < -0.4 is 10.1 Å². The van der Waals surface area contributed by atoms with E-state index < -0.39 is 11.6 Å². The van der Waals surface area contributed by atoms with E-state index in [1.807, 2.05) is 103 Å². The fraction of sp³-hybridized carbons (Fsp3) is 0.189. The molecule has 1 heterocycles. The molecule has 1 amide bonds. The van der Waals surface area contributed by atoms with E-state index in [1.54, 1.807) is 0 Å². The number of ether oxygens (including phenoxy) is 2. The average molecular weight is 650 g/mol. The zero-order valence-electron chi connectivity index (χ0n) is 24.2. The molecule has 2 atom stereocenters. The molecular weight excluding hydrogens is 616 g/mol. The van der Waals surface area contributed by atoms with Gasteiger partial charge >= 0.3 is 0 Å². The number of hydrogen-bond donors (Lipinski definition) is 2. The highest BCUT2D eigenvalue weighted by molar-refractivity contribution is 9.10. The molecule has 7 heteroatoms. The van der Waals surface area contributed by atoms with E-state index in [1.165, 1.54) is 0 Å². The van der Waals surface area contributed by atoms with Crippen molar-refractivity contribution in [3.05, 3.63) is 148 Å². The van der Waals surface area contributed by atoms with Crippen LogP contribution in [-0.4, -0.2) is 35.7 Å². The third-order valence-corrected chi connectivity index (χ3v) is 8.64. The van der Waals surface area contributed by atoms with Crippen LogP contribution in [0.2, 0.25) is 0 Å². The number of aliphatic imine (C=N–C) groups is 1. The molecule has 0 fully saturated rings. The quantitative estimate of drug-likeness (QED) is 0.149. The van der Waals surface area contributed by atoms with Crippen LogP contribution in [0.3, 0.4) is 0 Å². The summed E-state index contributed by atoms with van der Waals surface area (Å²) in [5.74, 6) is 0.870. The number of nitrogens with zero attached hydrogens (tertiary/aromatic N) is 1. The molecule has 0 aliphatic carbocycles. The summed E-state index contributed by atoms with van der Waals surface area (Å²) in [4.78, 5) is 19.8. The molecule has 44 heavy (non-hydrogen) atoms. The van der Waals surface area contributed by atoms with Crippen molar-refractivity contribution in [3.63, 3.8) is 0 Å². The van der Waals surface area contributed by atoms with Gasteiger partial charge in [-0.15, -0.1) is 0 Å². The minimum atomic E-state index is -1.29. The maximum absolute atomic E-state index is 14.6. The second-order valence-corrected chi connectivity index (χ2v) is 11.6. The first-order valence-corrected chi connectivity index (χ1v) is 15.5. The predicted octanol–water partition coefficient (Wildman–Crippen LogP) is 7.18. The van der Waals surface area contributed by atoms with Crippen LogP contribution in [0.1, 0.15) is 34.8 Å². The van der Waals surface area contributed by atoms with Crippen LogP contribution >= 0.6 is 15.9 Å². The van der Waals surface area contributed by atoms with Crippen molar-refractivity contribution in [2.75, 3.05) is 13.2 Å². The van der Waals surface area contributed by atoms with Crippen LogP contribution in [0.15, 0.2) is 131 Å². The van der Waals surface area contributed by atoms with E-state index in [9.17, 15) is 4.79 Å². The lowest BCUT2D eigenvalue weighted by molar-refractivity contribution is -0.129. The van der Waals surface area contributed by atoms with Crippen LogP contribution in [-0.2, 0) is 22.5 Å². The van der Waals surface area contributed by atoms with E-state index >= 15 is 0 Å². The fourth-order valence-corrected chi connectivity index (χ4v) is 6.04. The zero-order chi connectivity index (χ0) is 30.4. The minimum absolute atomic E-state index is 0.0752. The van der Waals surface area contributed by atoms with E-state index in [0.717, 1.165) is 37.5 Å². The lowest BCUT2D eigenvalue weighted by Crippen LogP contribution is -2.49. The Hall–Kier alpha value is -4.46. The first-order chi connectivity index (χ1) is 21.6. The fourth-order valence-electron chi connectivity index (χ4n) is 5.62. The van der Waals surface area contributed by atoms with Crippen molar-refractivity contribution in [1.29, 1.82) is 0 Å². The van der Waals surface area contributed by atoms with E-state index in [-0.39, 0.29) is 12.5 Å². The molecule has 0 aromatic heterocycles. The standard InChI is InChI=1S/C37H33BrN2O4/c38-33-17-7-5-13-29(33)24-37(36(42)39-25-30-15-8-14-26-10-4-6-16-32(26)30)34(27-11-2-1-3-12-27)44-35(40-37)28-18-20-31(21-19-28)43-23-9-22-41/h1-8,10-21,34,41H,9,22-25H2,(H,39,42)/t34-,37-/m1/s1. The average Bonchev–Trinajstić information content (AvgIpc) is 3.46. The normalized spacial score (nSPS) is 17.6. The molecule has 2 N–H and O–H groups in total. The summed E-state index contributed by atoms with van der Waals surface area (Å²) in [6, 6.07) is 39.5. The molecule has 0 unspecified atom stereocenters. The first-order valence-electron chi connectivity index (χ1n) is 14.7. The third-order valence-electron chi connectivity index (χ3n) is 7.87. The molecule has 0 spiro atoms. The Kier molecular flexibility index (Phi) is 9.05. The van der Waals surface area contributed by atoms with Gasteiger partial charge in [-0.1, -0.05) is 107 Å². The van der Waals surface area contributed by atoms with Crippen molar-refractivity contribution in [2.45, 2.75) is 31.0 Å². The summed E-state index contributed by atoms with van der Waals surface area (Å²) in [6.07, 6.45) is 0.210. The molecule has 5 aromatic carbocycles. The minimum Gasteiger partial charge on any atom is -0.494 e. The summed E-state index contributed by atoms with van der Waals surface area (Å²) < 4.78 is 13.3. The topological polar surface area (TPSA) is 80.2 Å². The number of benzene rings is 5. The summed E-state index contributed by atoms with van der Waals surface area (Å²) >= 11 is 3.70. The van der Waals surface area contributed by atoms with Gasteiger partial charge in [0, 0.05) is 36.0 Å². The highest BCUT2D eigenvalue weighted by Gasteiger charge is 2.53. The molecule has 6 rings (SSSR count). The van der Waals surface area contributed by atoms with Gasteiger partial charge in [-0.3, -0.25) is 4.79 Å². The Labute approximate surface area is 265 Å². The molecule has 6 nitrogen and oxygen atoms in total. The number of nitrogens with one attached hydrogen (secondary N) is 1. The van der Waals surface area contributed by atoms with Crippen LogP contribution in [0.25, 0.3) is 10.8 Å². The highest BCUT2D eigenvalue weighted by atomic mass is 79.9. The van der Waals surface area contributed by atoms with Gasteiger partial charge in [0.15, 0.2) is 11.6 Å². The molecule has 0 radical (unpaired) electrons. The van der Waals surface area contributed by atoms with Gasteiger partial charge < -0.3 is 19.9 Å². The molecule has 0 saturated carbocycles. The number of carbonyl (C=O) groups excluding carboxylic acids is 1. The van der Waals surface area contributed by atoms with Crippen molar-refractivity contribution in [3.8, 4) is 5.75 Å². The van der Waals surface area contributed by atoms with Gasteiger partial charge in [0.25, 0.3) is 5.91 Å². The lowest BCUT2D eigenvalue weighted by Gasteiger charge is -2.31. The molecular formula is C37H33BrN2O4. The second kappa shape index (κ2) is 13.5. The van der Waals surface area contributed by atoms with Crippen molar-refractivity contribution < 1.29 is 19.4 Å². The van der Waals surface area contributed by atoms with Gasteiger partial charge in [0.1, 0.15) is 5.75 Å². The Morgan fingerprint density at radius 2 is 1.57 bits per heavy atom. The number of amides is 1. The predicted molar refractivity (Wildman–Crippen MR) is 177 cm³/mol.